The van der Waals surface area contributed by atoms with Gasteiger partial charge in [0.1, 0.15) is 5.75 Å². The Balaban J connectivity index is 1.70. The van der Waals surface area contributed by atoms with Crippen molar-refractivity contribution in [3.05, 3.63) is 63.1 Å². The van der Waals surface area contributed by atoms with Gasteiger partial charge in [-0.1, -0.05) is 28.1 Å². The molecular weight excluding hydrogens is 384 g/mol. The zero-order valence-electron chi connectivity index (χ0n) is 14.1. The number of nitrogens with zero attached hydrogens (tertiary/aromatic N) is 1. The summed E-state index contributed by atoms with van der Waals surface area (Å²) in [5.74, 6) is 0.466. The van der Waals surface area contributed by atoms with Crippen LogP contribution in [-0.4, -0.2) is 36.2 Å². The van der Waals surface area contributed by atoms with Crippen molar-refractivity contribution in [1.29, 1.82) is 0 Å². The first kappa shape index (κ1) is 17.9. The fraction of sp³-hybridized carbons (Fsp3) is 0.316. The number of hydroxylamine groups is 1. The van der Waals surface area contributed by atoms with Gasteiger partial charge in [-0.2, -0.15) is 0 Å². The highest BCUT2D eigenvalue weighted by Gasteiger charge is 2.19. The van der Waals surface area contributed by atoms with Crippen LogP contribution in [0, 0.1) is 0 Å². The number of carbonyl (C=O) groups excluding carboxylic acids is 1. The minimum Gasteiger partial charge on any atom is -0.496 e. The average Bonchev–Trinajstić information content (AvgIpc) is 2.86. The molecule has 1 heterocycles. The minimum atomic E-state index is -0.492. The van der Waals surface area contributed by atoms with Gasteiger partial charge in [-0.3, -0.25) is 14.9 Å². The number of hydrogen-bond donors (Lipinski definition) is 2. The van der Waals surface area contributed by atoms with Crippen molar-refractivity contribution < 1.29 is 14.7 Å². The third kappa shape index (κ3) is 4.03. The topological polar surface area (TPSA) is 61.8 Å². The standard InChI is InChI=1S/C19H21BrN2O3/c1-25-18-7-6-17(20)15-8-10-22(11-9-16(15)18)12-13-2-4-14(5-3-13)19(23)21-24/h2-7,24H,8-12H2,1H3,(H,21,23). The molecule has 0 aliphatic carbocycles. The lowest BCUT2D eigenvalue weighted by molar-refractivity contribution is 0.0706. The second-order valence-electron chi connectivity index (χ2n) is 6.12. The molecule has 0 saturated heterocycles. The van der Waals surface area contributed by atoms with Crippen molar-refractivity contribution in [3.63, 3.8) is 0 Å². The van der Waals surface area contributed by atoms with E-state index in [9.17, 15) is 4.79 Å². The van der Waals surface area contributed by atoms with Crippen LogP contribution in [0.1, 0.15) is 27.0 Å². The SMILES string of the molecule is COc1ccc(Br)c2c1CCN(Cc1ccc(C(=O)NO)cc1)CC2. The third-order valence-corrected chi connectivity index (χ3v) is 5.37. The van der Waals surface area contributed by atoms with Gasteiger partial charge in [0.2, 0.25) is 0 Å². The first-order valence-electron chi connectivity index (χ1n) is 8.22. The highest BCUT2D eigenvalue weighted by atomic mass is 79.9. The minimum absolute atomic E-state index is 0.447. The van der Waals surface area contributed by atoms with E-state index in [-0.39, 0.29) is 0 Å². The molecule has 1 aliphatic heterocycles. The second-order valence-corrected chi connectivity index (χ2v) is 6.98. The van der Waals surface area contributed by atoms with Crippen molar-refractivity contribution in [2.45, 2.75) is 19.4 Å². The Morgan fingerprint density at radius 1 is 1.16 bits per heavy atom. The van der Waals surface area contributed by atoms with E-state index in [4.69, 9.17) is 9.94 Å². The van der Waals surface area contributed by atoms with Crippen LogP contribution in [-0.2, 0) is 19.4 Å². The fourth-order valence-corrected chi connectivity index (χ4v) is 3.84. The van der Waals surface area contributed by atoms with Crippen molar-refractivity contribution in [3.8, 4) is 5.75 Å². The molecule has 2 aromatic rings. The molecular formula is C19H21BrN2O3. The summed E-state index contributed by atoms with van der Waals surface area (Å²) in [5, 5.41) is 8.68. The van der Waals surface area contributed by atoms with E-state index >= 15 is 0 Å². The maximum Gasteiger partial charge on any atom is 0.274 e. The third-order valence-electron chi connectivity index (χ3n) is 4.63. The maximum atomic E-state index is 11.4. The Morgan fingerprint density at radius 2 is 1.84 bits per heavy atom. The van der Waals surface area contributed by atoms with Crippen LogP contribution in [0.15, 0.2) is 40.9 Å². The van der Waals surface area contributed by atoms with Crippen molar-refractivity contribution >= 4 is 21.8 Å². The van der Waals surface area contributed by atoms with Gasteiger partial charge in [-0.05, 0) is 53.8 Å². The molecule has 0 atom stereocenters. The van der Waals surface area contributed by atoms with Crippen molar-refractivity contribution in [1.82, 2.24) is 10.4 Å². The number of carbonyl (C=O) groups is 1. The quantitative estimate of drug-likeness (QED) is 0.606. The number of halogens is 1. The van der Waals surface area contributed by atoms with Gasteiger partial charge >= 0.3 is 0 Å². The molecule has 2 aromatic carbocycles. The van der Waals surface area contributed by atoms with Gasteiger partial charge in [-0.25, -0.2) is 5.48 Å². The van der Waals surface area contributed by atoms with E-state index in [1.165, 1.54) is 11.1 Å². The number of methoxy groups -OCH3 is 1. The predicted molar refractivity (Wildman–Crippen MR) is 99.1 cm³/mol. The Labute approximate surface area is 155 Å². The molecule has 2 N–H and O–H groups in total. The van der Waals surface area contributed by atoms with Crippen LogP contribution in [0.25, 0.3) is 0 Å². The van der Waals surface area contributed by atoms with Crippen LogP contribution in [0.5, 0.6) is 5.75 Å². The Bertz CT molecular complexity index is 762. The number of ether oxygens (including phenoxy) is 1. The molecule has 25 heavy (non-hydrogen) atoms. The number of hydrogen-bond acceptors (Lipinski definition) is 4. The fourth-order valence-electron chi connectivity index (χ4n) is 3.27. The molecule has 6 heteroatoms. The number of fused-ring (bicyclic) bond motifs is 1. The lowest BCUT2D eigenvalue weighted by atomic mass is 10.0. The summed E-state index contributed by atoms with van der Waals surface area (Å²) >= 11 is 3.66. The Morgan fingerprint density at radius 3 is 2.48 bits per heavy atom. The largest absolute Gasteiger partial charge is 0.496 e. The number of amides is 1. The van der Waals surface area contributed by atoms with Crippen LogP contribution in [0.2, 0.25) is 0 Å². The van der Waals surface area contributed by atoms with E-state index in [0.717, 1.165) is 48.3 Å². The highest BCUT2D eigenvalue weighted by molar-refractivity contribution is 9.10. The van der Waals surface area contributed by atoms with E-state index in [0.29, 0.717) is 5.56 Å². The molecule has 0 saturated carbocycles. The van der Waals surface area contributed by atoms with Gasteiger partial charge in [-0.15, -0.1) is 0 Å². The van der Waals surface area contributed by atoms with Crippen LogP contribution < -0.4 is 10.2 Å². The maximum absolute atomic E-state index is 11.4. The molecule has 3 rings (SSSR count). The highest BCUT2D eigenvalue weighted by Crippen LogP contribution is 2.32. The smallest absolute Gasteiger partial charge is 0.274 e. The number of nitrogens with one attached hydrogen (secondary N) is 1. The van der Waals surface area contributed by atoms with Crippen LogP contribution in [0.3, 0.4) is 0 Å². The van der Waals surface area contributed by atoms with Crippen molar-refractivity contribution in [2.24, 2.45) is 0 Å². The van der Waals surface area contributed by atoms with Gasteiger partial charge < -0.3 is 4.74 Å². The zero-order valence-corrected chi connectivity index (χ0v) is 15.7. The summed E-state index contributed by atoms with van der Waals surface area (Å²) in [4.78, 5) is 13.8. The Kier molecular flexibility index (Phi) is 5.73. The molecule has 0 bridgehead atoms. The molecule has 0 radical (unpaired) electrons. The summed E-state index contributed by atoms with van der Waals surface area (Å²) in [6, 6.07) is 11.4. The van der Waals surface area contributed by atoms with Gasteiger partial charge in [0.25, 0.3) is 5.91 Å². The second kappa shape index (κ2) is 7.99. The molecule has 0 spiro atoms. The van der Waals surface area contributed by atoms with Crippen LogP contribution >= 0.6 is 15.9 Å². The van der Waals surface area contributed by atoms with Gasteiger partial charge in [0, 0.05) is 29.7 Å². The lowest BCUT2D eigenvalue weighted by Crippen LogP contribution is -2.26. The summed E-state index contributed by atoms with van der Waals surface area (Å²) < 4.78 is 6.67. The Hall–Kier alpha value is -1.89. The van der Waals surface area contributed by atoms with E-state index < -0.39 is 5.91 Å². The van der Waals surface area contributed by atoms with Crippen LogP contribution in [0.4, 0.5) is 0 Å². The zero-order chi connectivity index (χ0) is 17.8. The number of benzene rings is 2. The predicted octanol–water partition coefficient (Wildman–Crippen LogP) is 3.18. The lowest BCUT2D eigenvalue weighted by Gasteiger charge is -2.20. The molecule has 5 nitrogen and oxygen atoms in total. The molecule has 132 valence electrons. The summed E-state index contributed by atoms with van der Waals surface area (Å²) in [5.41, 5.74) is 5.86. The van der Waals surface area contributed by atoms with Gasteiger partial charge in [0.05, 0.1) is 7.11 Å². The normalized spacial score (nSPS) is 14.5. The molecule has 1 aliphatic rings. The summed E-state index contributed by atoms with van der Waals surface area (Å²) in [6.45, 7) is 2.76. The molecule has 1 amide bonds. The summed E-state index contributed by atoms with van der Waals surface area (Å²) in [6.07, 6.45) is 1.92. The monoisotopic (exact) mass is 404 g/mol. The first-order chi connectivity index (χ1) is 12.1. The van der Waals surface area contributed by atoms with E-state index in [1.807, 2.05) is 18.2 Å². The molecule has 0 aromatic heterocycles. The average molecular weight is 405 g/mol. The first-order valence-corrected chi connectivity index (χ1v) is 9.01. The van der Waals surface area contributed by atoms with E-state index in [2.05, 4.69) is 26.9 Å². The van der Waals surface area contributed by atoms with E-state index in [1.54, 1.807) is 24.7 Å². The van der Waals surface area contributed by atoms with Crippen molar-refractivity contribution in [2.75, 3.05) is 20.2 Å². The number of rotatable bonds is 4. The molecule has 0 unspecified atom stereocenters. The summed E-state index contributed by atoms with van der Waals surface area (Å²) in [7, 11) is 1.72. The molecule has 0 fully saturated rings. The van der Waals surface area contributed by atoms with Gasteiger partial charge in [0.15, 0.2) is 0 Å².